The van der Waals surface area contributed by atoms with Crippen molar-refractivity contribution < 1.29 is 14.3 Å². The Hall–Kier alpha value is -1.55. The number of anilines is 1. The predicted molar refractivity (Wildman–Crippen MR) is 77.1 cm³/mol. The summed E-state index contributed by atoms with van der Waals surface area (Å²) in [5, 5.41) is 0. The zero-order valence-corrected chi connectivity index (χ0v) is 11.9. The minimum absolute atomic E-state index is 0.0488. The van der Waals surface area contributed by atoms with Crippen molar-refractivity contribution in [2.45, 2.75) is 44.3 Å². The zero-order valence-electron chi connectivity index (χ0n) is 11.9. The second-order valence-corrected chi connectivity index (χ2v) is 5.57. The van der Waals surface area contributed by atoms with Crippen molar-refractivity contribution in [3.63, 3.8) is 0 Å². The highest BCUT2D eigenvalue weighted by Crippen LogP contribution is 2.28. The second kappa shape index (κ2) is 5.83. The minimum Gasteiger partial charge on any atom is -0.497 e. The minimum atomic E-state index is 0.0488. The summed E-state index contributed by atoms with van der Waals surface area (Å²) >= 11 is 0. The van der Waals surface area contributed by atoms with E-state index in [0.717, 1.165) is 24.3 Å². The van der Waals surface area contributed by atoms with E-state index in [-0.39, 0.29) is 12.0 Å². The lowest BCUT2D eigenvalue weighted by atomic mass is 10.2. The fourth-order valence-electron chi connectivity index (χ4n) is 3.07. The van der Waals surface area contributed by atoms with E-state index in [1.807, 2.05) is 29.2 Å². The maximum Gasteiger partial charge on any atom is 0.229 e. The van der Waals surface area contributed by atoms with Crippen LogP contribution >= 0.6 is 0 Å². The normalized spacial score (nSPS) is 23.6. The van der Waals surface area contributed by atoms with Gasteiger partial charge < -0.3 is 14.4 Å². The lowest BCUT2D eigenvalue weighted by Gasteiger charge is -2.19. The van der Waals surface area contributed by atoms with Crippen LogP contribution in [0.4, 0.5) is 5.69 Å². The van der Waals surface area contributed by atoms with Gasteiger partial charge in [0.1, 0.15) is 5.75 Å². The number of hydrogen-bond acceptors (Lipinski definition) is 3. The number of benzene rings is 1. The van der Waals surface area contributed by atoms with Gasteiger partial charge in [-0.05, 0) is 37.1 Å². The number of hydrogen-bond donors (Lipinski definition) is 0. The Balaban J connectivity index is 1.63. The highest BCUT2D eigenvalue weighted by Gasteiger charge is 2.33. The lowest BCUT2D eigenvalue weighted by Crippen LogP contribution is -2.27. The number of rotatable bonds is 4. The first-order chi connectivity index (χ1) is 9.76. The first-order valence-electron chi connectivity index (χ1n) is 7.36. The van der Waals surface area contributed by atoms with Gasteiger partial charge in [0.05, 0.1) is 32.3 Å². The van der Waals surface area contributed by atoms with Crippen LogP contribution < -0.4 is 9.64 Å². The van der Waals surface area contributed by atoms with E-state index in [4.69, 9.17) is 9.47 Å². The van der Waals surface area contributed by atoms with E-state index in [9.17, 15) is 4.79 Å². The van der Waals surface area contributed by atoms with Crippen molar-refractivity contribution in [3.8, 4) is 5.75 Å². The molecule has 4 nitrogen and oxygen atoms in total. The fraction of sp³-hybridized carbons (Fsp3) is 0.562. The van der Waals surface area contributed by atoms with E-state index in [1.54, 1.807) is 7.11 Å². The number of methoxy groups -OCH3 is 1. The molecule has 1 aromatic carbocycles. The highest BCUT2D eigenvalue weighted by molar-refractivity contribution is 5.96. The Labute approximate surface area is 119 Å². The summed E-state index contributed by atoms with van der Waals surface area (Å²) in [4.78, 5) is 13.9. The third kappa shape index (κ3) is 2.80. The first-order valence-corrected chi connectivity index (χ1v) is 7.36. The van der Waals surface area contributed by atoms with Crippen LogP contribution in [-0.2, 0) is 9.53 Å². The van der Waals surface area contributed by atoms with Gasteiger partial charge in [-0.3, -0.25) is 4.79 Å². The standard InChI is InChI=1S/C16H21NO3/c1-19-13-8-6-12(7-9-13)17-11-15(10-16(17)18)20-14-4-2-3-5-14/h6-9,14-15H,2-5,10-11H2,1H3. The molecule has 108 valence electrons. The molecule has 1 aliphatic heterocycles. The van der Waals surface area contributed by atoms with Crippen LogP contribution in [0.1, 0.15) is 32.1 Å². The van der Waals surface area contributed by atoms with Crippen LogP contribution in [0.15, 0.2) is 24.3 Å². The van der Waals surface area contributed by atoms with E-state index in [0.29, 0.717) is 19.1 Å². The second-order valence-electron chi connectivity index (χ2n) is 5.57. The molecule has 0 N–H and O–H groups in total. The number of ether oxygens (including phenoxy) is 2. The molecular weight excluding hydrogens is 254 g/mol. The van der Waals surface area contributed by atoms with Crippen molar-refractivity contribution >= 4 is 11.6 Å². The largest absolute Gasteiger partial charge is 0.497 e. The van der Waals surface area contributed by atoms with Gasteiger partial charge in [0, 0.05) is 5.69 Å². The van der Waals surface area contributed by atoms with Crippen molar-refractivity contribution in [1.82, 2.24) is 0 Å². The molecule has 0 spiro atoms. The molecule has 1 atom stereocenters. The van der Waals surface area contributed by atoms with Crippen LogP contribution in [0, 0.1) is 0 Å². The Morgan fingerprint density at radius 2 is 1.80 bits per heavy atom. The Morgan fingerprint density at radius 3 is 2.45 bits per heavy atom. The number of carbonyl (C=O) groups is 1. The number of amides is 1. The van der Waals surface area contributed by atoms with Gasteiger partial charge in [0.15, 0.2) is 0 Å². The predicted octanol–water partition coefficient (Wildman–Crippen LogP) is 2.76. The SMILES string of the molecule is COc1ccc(N2CC(OC3CCCC3)CC2=O)cc1. The summed E-state index contributed by atoms with van der Waals surface area (Å²) in [5.41, 5.74) is 0.924. The van der Waals surface area contributed by atoms with Crippen molar-refractivity contribution in [1.29, 1.82) is 0 Å². The summed E-state index contributed by atoms with van der Waals surface area (Å²) < 4.78 is 11.2. The molecule has 2 fully saturated rings. The average Bonchev–Trinajstić information content (AvgIpc) is 3.09. The summed E-state index contributed by atoms with van der Waals surface area (Å²) in [7, 11) is 1.64. The monoisotopic (exact) mass is 275 g/mol. The van der Waals surface area contributed by atoms with Crippen LogP contribution in [0.5, 0.6) is 5.75 Å². The van der Waals surface area contributed by atoms with E-state index in [1.165, 1.54) is 12.8 Å². The molecule has 4 heteroatoms. The molecule has 1 saturated carbocycles. The average molecular weight is 275 g/mol. The van der Waals surface area contributed by atoms with Gasteiger partial charge in [0.25, 0.3) is 0 Å². The van der Waals surface area contributed by atoms with Crippen LogP contribution in [-0.4, -0.2) is 31.8 Å². The molecular formula is C16H21NO3. The van der Waals surface area contributed by atoms with Gasteiger partial charge in [0.2, 0.25) is 5.91 Å². The zero-order chi connectivity index (χ0) is 13.9. The van der Waals surface area contributed by atoms with Gasteiger partial charge >= 0.3 is 0 Å². The highest BCUT2D eigenvalue weighted by atomic mass is 16.5. The summed E-state index contributed by atoms with van der Waals surface area (Å²) in [6, 6.07) is 7.62. The quantitative estimate of drug-likeness (QED) is 0.848. The third-order valence-corrected chi connectivity index (χ3v) is 4.16. The molecule has 20 heavy (non-hydrogen) atoms. The molecule has 0 bridgehead atoms. The van der Waals surface area contributed by atoms with Crippen molar-refractivity contribution in [3.05, 3.63) is 24.3 Å². The summed E-state index contributed by atoms with van der Waals surface area (Å²) in [6.45, 7) is 0.668. The maximum atomic E-state index is 12.1. The maximum absolute atomic E-state index is 12.1. The van der Waals surface area contributed by atoms with Gasteiger partial charge in [-0.1, -0.05) is 12.8 Å². The van der Waals surface area contributed by atoms with Gasteiger partial charge in [-0.15, -0.1) is 0 Å². The Kier molecular flexibility index (Phi) is 3.92. The summed E-state index contributed by atoms with van der Waals surface area (Å²) in [6.07, 6.45) is 5.72. The number of carbonyl (C=O) groups excluding carboxylic acids is 1. The van der Waals surface area contributed by atoms with Gasteiger partial charge in [-0.2, -0.15) is 0 Å². The molecule has 0 aromatic heterocycles. The molecule has 1 saturated heterocycles. The molecule has 1 heterocycles. The third-order valence-electron chi connectivity index (χ3n) is 4.16. The molecule has 2 aliphatic rings. The molecule has 3 rings (SSSR count). The van der Waals surface area contributed by atoms with Gasteiger partial charge in [-0.25, -0.2) is 0 Å². The van der Waals surface area contributed by atoms with E-state index < -0.39 is 0 Å². The molecule has 1 aromatic rings. The van der Waals surface area contributed by atoms with Crippen LogP contribution in [0.25, 0.3) is 0 Å². The van der Waals surface area contributed by atoms with Crippen molar-refractivity contribution in [2.75, 3.05) is 18.6 Å². The smallest absolute Gasteiger partial charge is 0.229 e. The Morgan fingerprint density at radius 1 is 1.10 bits per heavy atom. The molecule has 1 amide bonds. The molecule has 0 radical (unpaired) electrons. The molecule has 1 aliphatic carbocycles. The van der Waals surface area contributed by atoms with Crippen LogP contribution in [0.2, 0.25) is 0 Å². The fourth-order valence-corrected chi connectivity index (χ4v) is 3.07. The van der Waals surface area contributed by atoms with E-state index >= 15 is 0 Å². The molecule has 1 unspecified atom stereocenters. The lowest BCUT2D eigenvalue weighted by molar-refractivity contribution is -0.118. The number of nitrogens with zero attached hydrogens (tertiary/aromatic N) is 1. The van der Waals surface area contributed by atoms with Crippen molar-refractivity contribution in [2.24, 2.45) is 0 Å². The summed E-state index contributed by atoms with van der Waals surface area (Å²) in [5.74, 6) is 0.956. The topological polar surface area (TPSA) is 38.8 Å². The Bertz CT molecular complexity index is 465. The van der Waals surface area contributed by atoms with E-state index in [2.05, 4.69) is 0 Å². The van der Waals surface area contributed by atoms with Crippen LogP contribution in [0.3, 0.4) is 0 Å². The first kappa shape index (κ1) is 13.4.